The predicted molar refractivity (Wildman–Crippen MR) is 123 cm³/mol. The van der Waals surface area contributed by atoms with Crippen LogP contribution in [0.25, 0.3) is 0 Å². The zero-order valence-corrected chi connectivity index (χ0v) is 18.9. The normalized spacial score (nSPS) is 16.8. The number of quaternary nitrogens is 1. The lowest BCUT2D eigenvalue weighted by Gasteiger charge is -2.29. The van der Waals surface area contributed by atoms with Crippen molar-refractivity contribution in [2.45, 2.75) is 17.9 Å². The number of nitrogens with zero attached hydrogens (tertiary/aromatic N) is 1. The fraction of sp³-hybridized carbons (Fsp3) is 0.391. The fourth-order valence-corrected chi connectivity index (χ4v) is 5.02. The molecule has 2 heterocycles. The molecule has 164 valence electrons. The van der Waals surface area contributed by atoms with E-state index < -0.39 is 0 Å². The number of thioether (sulfide) groups is 1. The Hall–Kier alpha value is -2.06. The number of rotatable bonds is 7. The zero-order valence-electron chi connectivity index (χ0n) is 17.4. The van der Waals surface area contributed by atoms with Crippen molar-refractivity contribution in [2.24, 2.45) is 0 Å². The molecule has 2 N–H and O–H groups in total. The Morgan fingerprint density at radius 3 is 2.84 bits per heavy atom. The number of hydrogen-bond acceptors (Lipinski definition) is 4. The topological polar surface area (TPSA) is 63.1 Å². The second kappa shape index (κ2) is 10.5. The molecule has 1 saturated heterocycles. The van der Waals surface area contributed by atoms with E-state index in [1.54, 1.807) is 4.90 Å². The maximum absolute atomic E-state index is 12.7. The number of carbonyl (C=O) groups is 2. The third kappa shape index (κ3) is 5.80. The molecule has 0 bridgehead atoms. The van der Waals surface area contributed by atoms with Crippen molar-refractivity contribution in [2.75, 3.05) is 50.0 Å². The van der Waals surface area contributed by atoms with Gasteiger partial charge in [0.25, 0.3) is 5.91 Å². The highest BCUT2D eigenvalue weighted by molar-refractivity contribution is 8.00. The lowest BCUT2D eigenvalue weighted by atomic mass is 10.1. The minimum atomic E-state index is -0.106. The van der Waals surface area contributed by atoms with Gasteiger partial charge < -0.3 is 19.9 Å². The number of benzene rings is 2. The Morgan fingerprint density at radius 2 is 2.03 bits per heavy atom. The van der Waals surface area contributed by atoms with E-state index in [0.29, 0.717) is 29.4 Å². The highest BCUT2D eigenvalue weighted by atomic mass is 35.5. The number of morpholine rings is 1. The smallest absolute Gasteiger partial charge is 0.251 e. The van der Waals surface area contributed by atoms with Gasteiger partial charge in [-0.15, -0.1) is 11.8 Å². The summed E-state index contributed by atoms with van der Waals surface area (Å²) in [5, 5.41) is 3.66. The molecule has 1 fully saturated rings. The molecule has 0 radical (unpaired) electrons. The van der Waals surface area contributed by atoms with Crippen molar-refractivity contribution in [1.29, 1.82) is 0 Å². The Labute approximate surface area is 191 Å². The first-order valence-electron chi connectivity index (χ1n) is 10.6. The Kier molecular flexibility index (Phi) is 7.50. The van der Waals surface area contributed by atoms with Crippen LogP contribution in [0.4, 0.5) is 5.69 Å². The SMILES string of the molecule is O=C(NCCC[NH+]1CCOCC1)c1ccc2c(c1)N(Cc1cccc(Cl)c1)C(=O)CS2. The van der Waals surface area contributed by atoms with Gasteiger partial charge in [-0.1, -0.05) is 23.7 Å². The first kappa shape index (κ1) is 22.1. The number of hydrogen-bond donors (Lipinski definition) is 2. The Bertz CT molecular complexity index is 949. The maximum atomic E-state index is 12.7. The molecule has 2 aliphatic rings. The van der Waals surface area contributed by atoms with Crippen LogP contribution in [-0.2, 0) is 16.1 Å². The van der Waals surface area contributed by atoms with Crippen LogP contribution in [0.2, 0.25) is 5.02 Å². The molecular formula is C23H27ClN3O3S+. The molecule has 2 amide bonds. The van der Waals surface area contributed by atoms with E-state index in [1.165, 1.54) is 16.7 Å². The number of carbonyl (C=O) groups excluding carboxylic acids is 2. The summed E-state index contributed by atoms with van der Waals surface area (Å²) in [6, 6.07) is 13.1. The summed E-state index contributed by atoms with van der Waals surface area (Å²) in [5.74, 6) is 0.317. The monoisotopic (exact) mass is 460 g/mol. The van der Waals surface area contributed by atoms with Gasteiger partial charge in [-0.2, -0.15) is 0 Å². The average molecular weight is 461 g/mol. The summed E-state index contributed by atoms with van der Waals surface area (Å²) >= 11 is 7.62. The van der Waals surface area contributed by atoms with Crippen LogP contribution in [0.3, 0.4) is 0 Å². The van der Waals surface area contributed by atoms with Crippen molar-refractivity contribution >= 4 is 40.9 Å². The summed E-state index contributed by atoms with van der Waals surface area (Å²) in [5.41, 5.74) is 2.31. The molecule has 6 nitrogen and oxygen atoms in total. The van der Waals surface area contributed by atoms with Crippen molar-refractivity contribution in [3.8, 4) is 0 Å². The molecule has 0 unspecified atom stereocenters. The first-order chi connectivity index (χ1) is 15.1. The highest BCUT2D eigenvalue weighted by Crippen LogP contribution is 2.37. The standard InChI is InChI=1S/C23H26ClN3O3S/c24-19-4-1-3-17(13-19)15-27-20-14-18(5-6-21(20)31-16-22(27)28)23(29)25-7-2-8-26-9-11-30-12-10-26/h1,3-6,13-14H,2,7-12,15-16H2,(H,25,29)/p+1. The van der Waals surface area contributed by atoms with Gasteiger partial charge >= 0.3 is 0 Å². The summed E-state index contributed by atoms with van der Waals surface area (Å²) in [6.07, 6.45) is 0.932. The predicted octanol–water partition coefficient (Wildman–Crippen LogP) is 2.01. The molecule has 2 aromatic carbocycles. The van der Waals surface area contributed by atoms with E-state index in [1.807, 2.05) is 42.5 Å². The zero-order chi connectivity index (χ0) is 21.6. The summed E-state index contributed by atoms with van der Waals surface area (Å²) in [7, 11) is 0. The van der Waals surface area contributed by atoms with Crippen LogP contribution in [-0.4, -0.2) is 57.0 Å². The van der Waals surface area contributed by atoms with Crippen LogP contribution >= 0.6 is 23.4 Å². The summed E-state index contributed by atoms with van der Waals surface area (Å²) in [4.78, 5) is 29.6. The Balaban J connectivity index is 1.40. The third-order valence-corrected chi connectivity index (χ3v) is 6.87. The molecule has 2 aliphatic heterocycles. The molecular weight excluding hydrogens is 434 g/mol. The number of ether oxygens (including phenoxy) is 1. The lowest BCUT2D eigenvalue weighted by Crippen LogP contribution is -3.14. The van der Waals surface area contributed by atoms with Gasteiger partial charge in [0, 0.05) is 28.4 Å². The van der Waals surface area contributed by atoms with E-state index in [4.69, 9.17) is 16.3 Å². The highest BCUT2D eigenvalue weighted by Gasteiger charge is 2.26. The van der Waals surface area contributed by atoms with E-state index in [-0.39, 0.29) is 11.8 Å². The van der Waals surface area contributed by atoms with Gasteiger partial charge in [0.1, 0.15) is 13.1 Å². The van der Waals surface area contributed by atoms with Crippen molar-refractivity contribution in [3.63, 3.8) is 0 Å². The van der Waals surface area contributed by atoms with Crippen LogP contribution in [0.1, 0.15) is 22.3 Å². The molecule has 0 aromatic heterocycles. The van der Waals surface area contributed by atoms with Crippen molar-refractivity contribution in [1.82, 2.24) is 5.32 Å². The van der Waals surface area contributed by atoms with Crippen LogP contribution in [0.5, 0.6) is 0 Å². The molecule has 0 aliphatic carbocycles. The second-order valence-electron chi connectivity index (χ2n) is 7.80. The molecule has 0 spiro atoms. The second-order valence-corrected chi connectivity index (χ2v) is 9.26. The molecule has 31 heavy (non-hydrogen) atoms. The number of amides is 2. The molecule has 2 aromatic rings. The van der Waals surface area contributed by atoms with E-state index in [2.05, 4.69) is 5.32 Å². The van der Waals surface area contributed by atoms with Gasteiger partial charge in [0.05, 0.1) is 37.7 Å². The van der Waals surface area contributed by atoms with Crippen LogP contribution in [0, 0.1) is 0 Å². The molecule has 0 saturated carbocycles. The quantitative estimate of drug-likeness (QED) is 0.620. The number of halogens is 1. The maximum Gasteiger partial charge on any atom is 0.251 e. The number of anilines is 1. The number of fused-ring (bicyclic) bond motifs is 1. The molecule has 8 heteroatoms. The van der Waals surface area contributed by atoms with Crippen molar-refractivity contribution < 1.29 is 19.2 Å². The van der Waals surface area contributed by atoms with Crippen LogP contribution in [0.15, 0.2) is 47.4 Å². The van der Waals surface area contributed by atoms with Crippen molar-refractivity contribution in [3.05, 3.63) is 58.6 Å². The van der Waals surface area contributed by atoms with E-state index >= 15 is 0 Å². The minimum Gasteiger partial charge on any atom is -0.370 e. The van der Waals surface area contributed by atoms with Gasteiger partial charge in [0.15, 0.2) is 0 Å². The van der Waals surface area contributed by atoms with Gasteiger partial charge in [-0.3, -0.25) is 9.59 Å². The molecule has 4 rings (SSSR count). The lowest BCUT2D eigenvalue weighted by molar-refractivity contribution is -0.908. The average Bonchev–Trinajstić information content (AvgIpc) is 2.79. The minimum absolute atomic E-state index is 0.0310. The van der Waals surface area contributed by atoms with Gasteiger partial charge in [-0.05, 0) is 35.9 Å². The van der Waals surface area contributed by atoms with Gasteiger partial charge in [0.2, 0.25) is 5.91 Å². The summed E-state index contributed by atoms with van der Waals surface area (Å²) < 4.78 is 5.38. The third-order valence-electron chi connectivity index (χ3n) is 5.59. The Morgan fingerprint density at radius 1 is 1.19 bits per heavy atom. The van der Waals surface area contributed by atoms with Crippen LogP contribution < -0.4 is 15.1 Å². The van der Waals surface area contributed by atoms with E-state index in [0.717, 1.165) is 55.4 Å². The molecule has 0 atom stereocenters. The summed E-state index contributed by atoms with van der Waals surface area (Å²) in [6.45, 7) is 5.81. The van der Waals surface area contributed by atoms with Gasteiger partial charge in [-0.25, -0.2) is 0 Å². The fourth-order valence-electron chi connectivity index (χ4n) is 3.89. The largest absolute Gasteiger partial charge is 0.370 e. The first-order valence-corrected chi connectivity index (χ1v) is 12.0. The number of nitrogens with one attached hydrogen (secondary N) is 2. The van der Waals surface area contributed by atoms with E-state index in [9.17, 15) is 9.59 Å².